The summed E-state index contributed by atoms with van der Waals surface area (Å²) in [6.07, 6.45) is 3.76. The topological polar surface area (TPSA) is 64.4 Å². The number of nitrogens with zero attached hydrogens (tertiary/aromatic N) is 1. The van der Waals surface area contributed by atoms with Crippen molar-refractivity contribution in [2.24, 2.45) is 17.8 Å². The molecular formula is C28H28N2O3. The Morgan fingerprint density at radius 2 is 1.76 bits per heavy atom. The Hall–Kier alpha value is -3.34. The first-order valence-corrected chi connectivity index (χ1v) is 11.9. The van der Waals surface area contributed by atoms with Gasteiger partial charge in [0.25, 0.3) is 5.69 Å². The molecule has 0 spiro atoms. The van der Waals surface area contributed by atoms with Gasteiger partial charge in [0.05, 0.1) is 11.0 Å². The first-order chi connectivity index (χ1) is 16.1. The molecule has 3 aromatic rings. The van der Waals surface area contributed by atoms with Gasteiger partial charge in [-0.3, -0.25) is 10.1 Å². The standard InChI is InChI=1S/C28H28N2O3/c1-17-2-4-18(5-3-17)16-33-23-11-8-19(9-12-23)28-27-21-7-6-20(14-21)26(27)24-15-22(30(31)32)10-13-25(24)29-28/h2-5,8-13,15,20-21,26-29H,6-7,14,16H2,1H3/t20-,21-,26-,27+,28-/m0/s1. The largest absolute Gasteiger partial charge is 0.489 e. The molecule has 2 aliphatic carbocycles. The van der Waals surface area contributed by atoms with Crippen molar-refractivity contribution in [2.75, 3.05) is 5.32 Å². The van der Waals surface area contributed by atoms with E-state index in [1.54, 1.807) is 6.07 Å². The van der Waals surface area contributed by atoms with Crippen LogP contribution in [-0.2, 0) is 6.61 Å². The van der Waals surface area contributed by atoms with Crippen LogP contribution in [0.4, 0.5) is 11.4 Å². The fourth-order valence-electron chi connectivity index (χ4n) is 6.54. The van der Waals surface area contributed by atoms with Crippen LogP contribution >= 0.6 is 0 Å². The highest BCUT2D eigenvalue weighted by atomic mass is 16.6. The van der Waals surface area contributed by atoms with Crippen molar-refractivity contribution in [1.82, 2.24) is 0 Å². The van der Waals surface area contributed by atoms with Gasteiger partial charge >= 0.3 is 0 Å². The molecule has 1 N–H and O–H groups in total. The van der Waals surface area contributed by atoms with Crippen LogP contribution in [0, 0.1) is 34.8 Å². The quantitative estimate of drug-likeness (QED) is 0.351. The van der Waals surface area contributed by atoms with Gasteiger partial charge in [-0.25, -0.2) is 0 Å². The van der Waals surface area contributed by atoms with E-state index in [2.05, 4.69) is 60.8 Å². The minimum Gasteiger partial charge on any atom is -0.489 e. The van der Waals surface area contributed by atoms with Crippen molar-refractivity contribution in [3.8, 4) is 5.75 Å². The summed E-state index contributed by atoms with van der Waals surface area (Å²) in [6, 6.07) is 22.5. The average Bonchev–Trinajstić information content (AvgIpc) is 3.46. The van der Waals surface area contributed by atoms with E-state index in [-0.39, 0.29) is 16.7 Å². The summed E-state index contributed by atoms with van der Waals surface area (Å²) < 4.78 is 6.02. The maximum Gasteiger partial charge on any atom is 0.269 e. The number of hydrogen-bond acceptors (Lipinski definition) is 4. The molecule has 3 aliphatic rings. The van der Waals surface area contributed by atoms with Crippen molar-refractivity contribution >= 4 is 11.4 Å². The Bertz CT molecular complexity index is 1190. The first-order valence-electron chi connectivity index (χ1n) is 11.9. The number of aryl methyl sites for hydroxylation is 1. The van der Waals surface area contributed by atoms with Crippen molar-refractivity contribution in [3.63, 3.8) is 0 Å². The molecule has 0 amide bonds. The molecular weight excluding hydrogens is 412 g/mol. The molecule has 5 atom stereocenters. The van der Waals surface area contributed by atoms with Gasteiger partial charge in [0, 0.05) is 17.8 Å². The van der Waals surface area contributed by atoms with Crippen LogP contribution in [0.1, 0.15) is 53.5 Å². The van der Waals surface area contributed by atoms with Gasteiger partial charge in [-0.15, -0.1) is 0 Å². The molecule has 0 radical (unpaired) electrons. The minimum absolute atomic E-state index is 0.200. The predicted octanol–water partition coefficient (Wildman–Crippen LogP) is 6.78. The second-order valence-corrected chi connectivity index (χ2v) is 9.93. The molecule has 1 aliphatic heterocycles. The fourth-order valence-corrected chi connectivity index (χ4v) is 6.54. The molecule has 5 nitrogen and oxygen atoms in total. The van der Waals surface area contributed by atoms with E-state index in [0.717, 1.165) is 22.6 Å². The van der Waals surface area contributed by atoms with Crippen LogP contribution in [0.3, 0.4) is 0 Å². The molecule has 33 heavy (non-hydrogen) atoms. The third kappa shape index (κ3) is 3.56. The van der Waals surface area contributed by atoms with E-state index in [1.807, 2.05) is 12.1 Å². The molecule has 2 bridgehead atoms. The molecule has 2 saturated carbocycles. The maximum absolute atomic E-state index is 11.4. The third-order valence-corrected chi connectivity index (χ3v) is 8.05. The third-order valence-electron chi connectivity index (χ3n) is 8.05. The number of nitro groups is 1. The summed E-state index contributed by atoms with van der Waals surface area (Å²) in [5.41, 5.74) is 6.08. The minimum atomic E-state index is -0.274. The van der Waals surface area contributed by atoms with Gasteiger partial charge in [-0.1, -0.05) is 42.0 Å². The normalized spacial score (nSPS) is 26.9. The smallest absolute Gasteiger partial charge is 0.269 e. The second-order valence-electron chi connectivity index (χ2n) is 9.93. The molecule has 0 saturated heterocycles. The lowest BCUT2D eigenvalue weighted by Crippen LogP contribution is -2.35. The summed E-state index contributed by atoms with van der Waals surface area (Å²) in [6.45, 7) is 2.64. The maximum atomic E-state index is 11.4. The van der Waals surface area contributed by atoms with Crippen LogP contribution in [0.15, 0.2) is 66.7 Å². The summed E-state index contributed by atoms with van der Waals surface area (Å²) in [5, 5.41) is 15.1. The lowest BCUT2D eigenvalue weighted by atomic mass is 9.68. The number of nitro benzene ring substituents is 1. The number of nitrogens with one attached hydrogen (secondary N) is 1. The molecule has 6 rings (SSSR count). The summed E-state index contributed by atoms with van der Waals surface area (Å²) >= 11 is 0. The van der Waals surface area contributed by atoms with E-state index in [0.29, 0.717) is 30.3 Å². The van der Waals surface area contributed by atoms with Crippen LogP contribution in [-0.4, -0.2) is 4.92 Å². The zero-order chi connectivity index (χ0) is 22.5. The zero-order valence-corrected chi connectivity index (χ0v) is 18.7. The van der Waals surface area contributed by atoms with Gasteiger partial charge in [0.1, 0.15) is 12.4 Å². The van der Waals surface area contributed by atoms with Gasteiger partial charge < -0.3 is 10.1 Å². The lowest BCUT2D eigenvalue weighted by Gasteiger charge is -2.43. The van der Waals surface area contributed by atoms with Gasteiger partial charge in [0.2, 0.25) is 0 Å². The number of non-ortho nitro benzene ring substituents is 1. The molecule has 0 aromatic heterocycles. The van der Waals surface area contributed by atoms with Crippen molar-refractivity contribution in [2.45, 2.75) is 44.8 Å². The van der Waals surface area contributed by atoms with Gasteiger partial charge in [0.15, 0.2) is 0 Å². The summed E-state index contributed by atoms with van der Waals surface area (Å²) in [7, 11) is 0. The molecule has 0 unspecified atom stereocenters. The molecule has 5 heteroatoms. The Morgan fingerprint density at radius 3 is 2.52 bits per heavy atom. The highest BCUT2D eigenvalue weighted by Crippen LogP contribution is 2.63. The van der Waals surface area contributed by atoms with E-state index < -0.39 is 0 Å². The van der Waals surface area contributed by atoms with E-state index in [9.17, 15) is 10.1 Å². The zero-order valence-electron chi connectivity index (χ0n) is 18.7. The van der Waals surface area contributed by atoms with Crippen molar-refractivity contribution in [1.29, 1.82) is 0 Å². The Morgan fingerprint density at radius 1 is 1.00 bits per heavy atom. The van der Waals surface area contributed by atoms with Crippen molar-refractivity contribution < 1.29 is 9.66 Å². The van der Waals surface area contributed by atoms with Crippen LogP contribution in [0.5, 0.6) is 5.75 Å². The lowest BCUT2D eigenvalue weighted by molar-refractivity contribution is -0.384. The number of ether oxygens (including phenoxy) is 1. The Balaban J connectivity index is 1.25. The fraction of sp³-hybridized carbons (Fsp3) is 0.357. The Kier molecular flexibility index (Phi) is 4.86. The van der Waals surface area contributed by atoms with Crippen molar-refractivity contribution in [3.05, 3.63) is 99.1 Å². The van der Waals surface area contributed by atoms with Crippen LogP contribution < -0.4 is 10.1 Å². The van der Waals surface area contributed by atoms with Gasteiger partial charge in [-0.05, 0) is 84.7 Å². The SMILES string of the molecule is Cc1ccc(COc2ccc([C@@H]3Nc4ccc([N+](=O)[O-])cc4[C@@H]4[C@H]5CC[C@@H](C5)[C@H]43)cc2)cc1. The number of benzene rings is 3. The monoisotopic (exact) mass is 440 g/mol. The van der Waals surface area contributed by atoms with Crippen LogP contribution in [0.25, 0.3) is 0 Å². The molecule has 1 heterocycles. The average molecular weight is 441 g/mol. The number of hydrogen-bond donors (Lipinski definition) is 1. The number of fused-ring (bicyclic) bond motifs is 7. The van der Waals surface area contributed by atoms with E-state index in [4.69, 9.17) is 4.74 Å². The molecule has 2 fully saturated rings. The predicted molar refractivity (Wildman–Crippen MR) is 128 cm³/mol. The molecule has 3 aromatic carbocycles. The van der Waals surface area contributed by atoms with Crippen LogP contribution in [0.2, 0.25) is 0 Å². The van der Waals surface area contributed by atoms with E-state index in [1.165, 1.54) is 30.4 Å². The first kappa shape index (κ1) is 20.3. The highest BCUT2D eigenvalue weighted by molar-refractivity contribution is 5.62. The number of rotatable bonds is 5. The molecule has 168 valence electrons. The van der Waals surface area contributed by atoms with Gasteiger partial charge in [-0.2, -0.15) is 0 Å². The number of anilines is 1. The second kappa shape index (κ2) is 7.91. The van der Waals surface area contributed by atoms with E-state index >= 15 is 0 Å². The summed E-state index contributed by atoms with van der Waals surface area (Å²) in [5.74, 6) is 3.08. The summed E-state index contributed by atoms with van der Waals surface area (Å²) in [4.78, 5) is 11.1. The Labute approximate surface area is 193 Å². The highest BCUT2D eigenvalue weighted by Gasteiger charge is 2.54.